The van der Waals surface area contributed by atoms with Crippen LogP contribution in [-0.4, -0.2) is 53.4 Å². The van der Waals surface area contributed by atoms with Gasteiger partial charge in [-0.2, -0.15) is 0 Å². The standard InChI is InChI=1S/C8H15N3OS/c1-7(12)11-4-2-10(3-5-11)6-8(9)13/h2-6H2,1H3,(H2,9,13). The molecule has 1 rings (SSSR count). The first-order valence-electron chi connectivity index (χ1n) is 4.36. The van der Waals surface area contributed by atoms with Gasteiger partial charge in [-0.25, -0.2) is 0 Å². The molecule has 1 saturated heterocycles. The third kappa shape index (κ3) is 3.28. The van der Waals surface area contributed by atoms with Crippen molar-refractivity contribution in [1.82, 2.24) is 9.80 Å². The fraction of sp³-hybridized carbons (Fsp3) is 0.750. The van der Waals surface area contributed by atoms with E-state index in [1.165, 1.54) is 0 Å². The molecule has 0 spiro atoms. The zero-order chi connectivity index (χ0) is 9.84. The van der Waals surface area contributed by atoms with Crippen LogP contribution >= 0.6 is 12.2 Å². The molecule has 0 aromatic rings. The van der Waals surface area contributed by atoms with Gasteiger partial charge < -0.3 is 10.6 Å². The molecule has 74 valence electrons. The second-order valence-electron chi connectivity index (χ2n) is 3.25. The summed E-state index contributed by atoms with van der Waals surface area (Å²) in [5, 5.41) is 0. The fourth-order valence-electron chi connectivity index (χ4n) is 1.44. The SMILES string of the molecule is CC(=O)N1CCN(CC(N)=S)CC1. The van der Waals surface area contributed by atoms with Gasteiger partial charge in [-0.05, 0) is 0 Å². The predicted molar refractivity (Wildman–Crippen MR) is 55.5 cm³/mol. The highest BCUT2D eigenvalue weighted by molar-refractivity contribution is 7.80. The molecule has 0 unspecified atom stereocenters. The van der Waals surface area contributed by atoms with E-state index < -0.39 is 0 Å². The summed E-state index contributed by atoms with van der Waals surface area (Å²) in [5.41, 5.74) is 5.43. The van der Waals surface area contributed by atoms with E-state index in [2.05, 4.69) is 4.90 Å². The topological polar surface area (TPSA) is 49.6 Å². The van der Waals surface area contributed by atoms with Crippen molar-refractivity contribution in [2.24, 2.45) is 5.73 Å². The van der Waals surface area contributed by atoms with E-state index in [4.69, 9.17) is 18.0 Å². The monoisotopic (exact) mass is 201 g/mol. The van der Waals surface area contributed by atoms with Crippen LogP contribution < -0.4 is 5.73 Å². The van der Waals surface area contributed by atoms with Crippen LogP contribution in [-0.2, 0) is 4.79 Å². The number of carbonyl (C=O) groups excluding carboxylic acids is 1. The van der Waals surface area contributed by atoms with Crippen molar-refractivity contribution in [2.75, 3.05) is 32.7 Å². The van der Waals surface area contributed by atoms with E-state index in [1.807, 2.05) is 4.90 Å². The van der Waals surface area contributed by atoms with Gasteiger partial charge in [-0.3, -0.25) is 9.69 Å². The van der Waals surface area contributed by atoms with E-state index in [0.717, 1.165) is 26.2 Å². The number of hydrogen-bond donors (Lipinski definition) is 1. The average molecular weight is 201 g/mol. The number of rotatable bonds is 2. The van der Waals surface area contributed by atoms with Crippen LogP contribution in [0.4, 0.5) is 0 Å². The van der Waals surface area contributed by atoms with Gasteiger partial charge in [0.25, 0.3) is 0 Å². The van der Waals surface area contributed by atoms with E-state index in [9.17, 15) is 4.79 Å². The van der Waals surface area contributed by atoms with Gasteiger partial charge >= 0.3 is 0 Å². The normalized spacial score (nSPS) is 18.7. The third-order valence-electron chi connectivity index (χ3n) is 2.20. The Hall–Kier alpha value is -0.680. The maximum Gasteiger partial charge on any atom is 0.219 e. The lowest BCUT2D eigenvalue weighted by atomic mass is 10.3. The largest absolute Gasteiger partial charge is 0.392 e. The highest BCUT2D eigenvalue weighted by atomic mass is 32.1. The highest BCUT2D eigenvalue weighted by Gasteiger charge is 2.18. The van der Waals surface area contributed by atoms with E-state index in [1.54, 1.807) is 6.92 Å². The summed E-state index contributed by atoms with van der Waals surface area (Å²) >= 11 is 4.81. The number of hydrogen-bond acceptors (Lipinski definition) is 3. The van der Waals surface area contributed by atoms with Crippen molar-refractivity contribution in [3.05, 3.63) is 0 Å². The smallest absolute Gasteiger partial charge is 0.219 e. The van der Waals surface area contributed by atoms with Crippen LogP contribution in [0.5, 0.6) is 0 Å². The van der Waals surface area contributed by atoms with E-state index in [0.29, 0.717) is 11.5 Å². The van der Waals surface area contributed by atoms with Gasteiger partial charge in [0.15, 0.2) is 0 Å². The summed E-state index contributed by atoms with van der Waals surface area (Å²) < 4.78 is 0. The zero-order valence-electron chi connectivity index (χ0n) is 7.82. The Kier molecular flexibility index (Phi) is 3.62. The maximum atomic E-state index is 11.0. The van der Waals surface area contributed by atoms with Crippen molar-refractivity contribution < 1.29 is 4.79 Å². The Morgan fingerprint density at radius 3 is 2.31 bits per heavy atom. The molecule has 1 aliphatic rings. The molecule has 0 saturated carbocycles. The predicted octanol–water partition coefficient (Wildman–Crippen LogP) is -0.563. The number of nitrogens with two attached hydrogens (primary N) is 1. The first-order valence-corrected chi connectivity index (χ1v) is 4.76. The molecule has 5 heteroatoms. The number of amides is 1. The van der Waals surface area contributed by atoms with Gasteiger partial charge in [-0.1, -0.05) is 12.2 Å². The summed E-state index contributed by atoms with van der Waals surface area (Å²) in [4.78, 5) is 15.5. The molecule has 0 bridgehead atoms. The lowest BCUT2D eigenvalue weighted by Crippen LogP contribution is -2.49. The van der Waals surface area contributed by atoms with Crippen LogP contribution in [0.1, 0.15) is 6.92 Å². The quantitative estimate of drug-likeness (QED) is 0.608. The Morgan fingerprint density at radius 1 is 1.38 bits per heavy atom. The van der Waals surface area contributed by atoms with Crippen LogP contribution in [0.25, 0.3) is 0 Å². The molecule has 0 aromatic carbocycles. The van der Waals surface area contributed by atoms with Crippen molar-refractivity contribution in [3.63, 3.8) is 0 Å². The fourth-order valence-corrected chi connectivity index (χ4v) is 1.62. The summed E-state index contributed by atoms with van der Waals surface area (Å²) in [6.45, 7) is 5.59. The Labute approximate surface area is 83.7 Å². The van der Waals surface area contributed by atoms with Gasteiger partial charge in [0.1, 0.15) is 0 Å². The lowest BCUT2D eigenvalue weighted by Gasteiger charge is -2.33. The molecule has 0 aromatic heterocycles. The van der Waals surface area contributed by atoms with Gasteiger partial charge in [0.2, 0.25) is 5.91 Å². The minimum atomic E-state index is 0.148. The Balaban J connectivity index is 2.30. The minimum Gasteiger partial charge on any atom is -0.392 e. The van der Waals surface area contributed by atoms with Crippen LogP contribution in [0.2, 0.25) is 0 Å². The second kappa shape index (κ2) is 4.53. The molecule has 0 atom stereocenters. The van der Waals surface area contributed by atoms with Crippen LogP contribution in [0.3, 0.4) is 0 Å². The summed E-state index contributed by atoms with van der Waals surface area (Å²) in [7, 11) is 0. The molecule has 4 nitrogen and oxygen atoms in total. The van der Waals surface area contributed by atoms with Gasteiger partial charge in [0, 0.05) is 39.6 Å². The van der Waals surface area contributed by atoms with Gasteiger partial charge in [0.05, 0.1) is 4.99 Å². The maximum absolute atomic E-state index is 11.0. The van der Waals surface area contributed by atoms with Crippen molar-refractivity contribution >= 4 is 23.1 Å². The zero-order valence-corrected chi connectivity index (χ0v) is 8.64. The highest BCUT2D eigenvalue weighted by Crippen LogP contribution is 2.01. The molecular formula is C8H15N3OS. The first kappa shape index (κ1) is 10.4. The second-order valence-corrected chi connectivity index (χ2v) is 3.77. The molecule has 0 radical (unpaired) electrons. The van der Waals surface area contributed by atoms with Crippen molar-refractivity contribution in [2.45, 2.75) is 6.92 Å². The first-order chi connectivity index (χ1) is 6.09. The Bertz CT molecular complexity index is 211. The molecule has 1 fully saturated rings. The molecule has 1 heterocycles. The molecule has 0 aliphatic carbocycles. The Morgan fingerprint density at radius 2 is 1.92 bits per heavy atom. The van der Waals surface area contributed by atoms with Gasteiger partial charge in [-0.15, -0.1) is 0 Å². The van der Waals surface area contributed by atoms with Crippen molar-refractivity contribution in [1.29, 1.82) is 0 Å². The molecule has 2 N–H and O–H groups in total. The summed E-state index contributed by atoms with van der Waals surface area (Å²) in [5.74, 6) is 0.148. The third-order valence-corrected chi connectivity index (χ3v) is 2.33. The van der Waals surface area contributed by atoms with E-state index >= 15 is 0 Å². The lowest BCUT2D eigenvalue weighted by molar-refractivity contribution is -0.130. The molecule has 13 heavy (non-hydrogen) atoms. The van der Waals surface area contributed by atoms with Crippen LogP contribution in [0, 0.1) is 0 Å². The number of carbonyl (C=O) groups is 1. The summed E-state index contributed by atoms with van der Waals surface area (Å²) in [6.07, 6.45) is 0. The number of thiocarbonyl (C=S) groups is 1. The van der Waals surface area contributed by atoms with E-state index in [-0.39, 0.29) is 5.91 Å². The number of piperazine rings is 1. The minimum absolute atomic E-state index is 0.148. The van der Waals surface area contributed by atoms with Crippen molar-refractivity contribution in [3.8, 4) is 0 Å². The molecule has 1 amide bonds. The number of nitrogens with zero attached hydrogens (tertiary/aromatic N) is 2. The molecular weight excluding hydrogens is 186 g/mol. The summed E-state index contributed by atoms with van der Waals surface area (Å²) in [6, 6.07) is 0. The average Bonchev–Trinajstić information content (AvgIpc) is 2.04. The van der Waals surface area contributed by atoms with Crippen LogP contribution in [0.15, 0.2) is 0 Å². The molecule has 1 aliphatic heterocycles.